The van der Waals surface area contributed by atoms with Gasteiger partial charge >= 0.3 is 12.1 Å². The van der Waals surface area contributed by atoms with Crippen LogP contribution in [0.25, 0.3) is 0 Å². The molecule has 0 bridgehead atoms. The Balaban J connectivity index is 2.22. The Morgan fingerprint density at radius 2 is 1.95 bits per heavy atom. The molecule has 20 heavy (non-hydrogen) atoms. The van der Waals surface area contributed by atoms with Crippen molar-refractivity contribution >= 4 is 17.6 Å². The van der Waals surface area contributed by atoms with E-state index >= 15 is 0 Å². The van der Waals surface area contributed by atoms with E-state index in [9.17, 15) is 22.8 Å². The molecule has 1 unspecified atom stereocenters. The minimum atomic E-state index is -4.44. The van der Waals surface area contributed by atoms with Crippen molar-refractivity contribution in [1.82, 2.24) is 0 Å². The number of carbonyl (C=O) groups is 2. The Morgan fingerprint density at radius 3 is 2.55 bits per heavy atom. The molecule has 1 aliphatic heterocycles. The Hall–Kier alpha value is -2.05. The van der Waals surface area contributed by atoms with E-state index in [1.54, 1.807) is 24.3 Å². The molecule has 0 radical (unpaired) electrons. The summed E-state index contributed by atoms with van der Waals surface area (Å²) in [7, 11) is 0. The van der Waals surface area contributed by atoms with Crippen molar-refractivity contribution < 1.29 is 27.9 Å². The molecule has 1 aromatic carbocycles. The lowest BCUT2D eigenvalue weighted by molar-refractivity contribution is -0.144. The van der Waals surface area contributed by atoms with Crippen molar-refractivity contribution in [3.05, 3.63) is 29.8 Å². The molecule has 0 aromatic heterocycles. The van der Waals surface area contributed by atoms with Gasteiger partial charge in [-0.15, -0.1) is 0 Å². The van der Waals surface area contributed by atoms with Gasteiger partial charge in [-0.3, -0.25) is 9.69 Å². The topological polar surface area (TPSA) is 57.6 Å². The number of benzene rings is 1. The number of hydrogen-bond donors (Lipinski definition) is 1. The van der Waals surface area contributed by atoms with Crippen molar-refractivity contribution in [1.29, 1.82) is 0 Å². The number of rotatable bonds is 3. The van der Waals surface area contributed by atoms with Gasteiger partial charge in [0.1, 0.15) is 6.04 Å². The molecular formula is C13H12F3NO3. The molecule has 1 aromatic rings. The number of alkyl halides is 3. The van der Waals surface area contributed by atoms with Gasteiger partial charge in [0.05, 0.1) is 6.42 Å². The molecular weight excluding hydrogens is 275 g/mol. The maximum atomic E-state index is 12.2. The number of carbonyl (C=O) groups excluding carboxylic acids is 1. The number of anilines is 1. The van der Waals surface area contributed by atoms with Crippen LogP contribution in [0.1, 0.15) is 18.4 Å². The van der Waals surface area contributed by atoms with Crippen molar-refractivity contribution in [3.63, 3.8) is 0 Å². The second kappa shape index (κ2) is 5.15. The molecule has 4 nitrogen and oxygen atoms in total. The third-order valence-electron chi connectivity index (χ3n) is 3.15. The fourth-order valence-corrected chi connectivity index (χ4v) is 2.26. The molecule has 0 saturated carbocycles. The Bertz CT molecular complexity index is 542. The van der Waals surface area contributed by atoms with Crippen LogP contribution in [-0.2, 0) is 16.0 Å². The number of halogens is 3. The average Bonchev–Trinajstić information content (AvgIpc) is 2.74. The molecule has 0 saturated heterocycles. The zero-order valence-electron chi connectivity index (χ0n) is 10.4. The maximum Gasteiger partial charge on any atom is 0.389 e. The van der Waals surface area contributed by atoms with Crippen molar-refractivity contribution in [3.8, 4) is 0 Å². The molecule has 2 rings (SSSR count). The lowest BCUT2D eigenvalue weighted by atomic mass is 10.1. The number of carboxylic acid groups (broad SMARTS) is 1. The molecule has 1 N–H and O–H groups in total. The molecule has 7 heteroatoms. The van der Waals surface area contributed by atoms with Gasteiger partial charge in [-0.25, -0.2) is 4.79 Å². The molecule has 1 atom stereocenters. The SMILES string of the molecule is O=C(O)C1Cc2ccccc2N1C(=O)CCC(F)(F)F. The summed E-state index contributed by atoms with van der Waals surface area (Å²) in [5, 5.41) is 9.12. The van der Waals surface area contributed by atoms with Crippen LogP contribution in [0.3, 0.4) is 0 Å². The highest BCUT2D eigenvalue weighted by Gasteiger charge is 2.39. The van der Waals surface area contributed by atoms with Crippen molar-refractivity contribution in [2.75, 3.05) is 4.90 Å². The summed E-state index contributed by atoms with van der Waals surface area (Å²) in [5.41, 5.74) is 1.03. The third kappa shape index (κ3) is 2.92. The summed E-state index contributed by atoms with van der Waals surface area (Å²) in [5.74, 6) is -2.04. The number of carboxylic acids is 1. The zero-order valence-corrected chi connectivity index (χ0v) is 10.4. The minimum absolute atomic E-state index is 0.114. The monoisotopic (exact) mass is 287 g/mol. The summed E-state index contributed by atoms with van der Waals surface area (Å²) in [6, 6.07) is 5.40. The third-order valence-corrected chi connectivity index (χ3v) is 3.15. The first-order valence-electron chi connectivity index (χ1n) is 5.99. The molecule has 0 aliphatic carbocycles. The highest BCUT2D eigenvalue weighted by atomic mass is 19.4. The van der Waals surface area contributed by atoms with Crippen LogP contribution < -0.4 is 4.90 Å². The first-order chi connectivity index (χ1) is 9.29. The van der Waals surface area contributed by atoms with Gasteiger partial charge in [-0.2, -0.15) is 13.2 Å². The number of fused-ring (bicyclic) bond motifs is 1. The van der Waals surface area contributed by atoms with Gasteiger partial charge in [0.15, 0.2) is 0 Å². The number of amides is 1. The number of aliphatic carboxylic acids is 1. The summed E-state index contributed by atoms with van der Waals surface area (Å²) < 4.78 is 36.5. The highest BCUT2D eigenvalue weighted by molar-refractivity contribution is 6.01. The molecule has 1 amide bonds. The van der Waals surface area contributed by atoms with Gasteiger partial charge in [-0.1, -0.05) is 18.2 Å². The molecule has 0 fully saturated rings. The Kier molecular flexibility index (Phi) is 3.69. The van der Waals surface area contributed by atoms with E-state index in [1.165, 1.54) is 0 Å². The summed E-state index contributed by atoms with van der Waals surface area (Å²) in [6.45, 7) is 0. The lowest BCUT2D eigenvalue weighted by Gasteiger charge is -2.22. The first kappa shape index (κ1) is 14.4. The number of para-hydroxylation sites is 1. The lowest BCUT2D eigenvalue weighted by Crippen LogP contribution is -2.43. The second-order valence-electron chi connectivity index (χ2n) is 4.57. The van der Waals surface area contributed by atoms with Crippen LogP contribution in [-0.4, -0.2) is 29.2 Å². The van der Waals surface area contributed by atoms with E-state index in [2.05, 4.69) is 0 Å². The summed E-state index contributed by atoms with van der Waals surface area (Å²) in [4.78, 5) is 24.1. The van der Waals surface area contributed by atoms with Gasteiger partial charge in [0.25, 0.3) is 0 Å². The van der Waals surface area contributed by atoms with E-state index in [1.807, 2.05) is 0 Å². The first-order valence-corrected chi connectivity index (χ1v) is 5.99. The van der Waals surface area contributed by atoms with Crippen molar-refractivity contribution in [2.24, 2.45) is 0 Å². The predicted octanol–water partition coefficient (Wildman–Crippen LogP) is 2.37. The quantitative estimate of drug-likeness (QED) is 0.928. The van der Waals surface area contributed by atoms with E-state index in [0.717, 1.165) is 4.90 Å². The van der Waals surface area contributed by atoms with E-state index < -0.39 is 36.9 Å². The van der Waals surface area contributed by atoms with Crippen LogP contribution in [0.15, 0.2) is 24.3 Å². The fourth-order valence-electron chi connectivity index (χ4n) is 2.26. The second-order valence-corrected chi connectivity index (χ2v) is 4.57. The smallest absolute Gasteiger partial charge is 0.389 e. The zero-order chi connectivity index (χ0) is 14.9. The minimum Gasteiger partial charge on any atom is -0.480 e. The van der Waals surface area contributed by atoms with Crippen LogP contribution in [0.2, 0.25) is 0 Å². The normalized spacial score (nSPS) is 17.9. The van der Waals surface area contributed by atoms with Gasteiger partial charge in [-0.05, 0) is 11.6 Å². The Labute approximate surface area is 112 Å². The molecule has 1 aliphatic rings. The molecule has 0 spiro atoms. The van der Waals surface area contributed by atoms with E-state index in [4.69, 9.17) is 5.11 Å². The van der Waals surface area contributed by atoms with E-state index in [0.29, 0.717) is 11.3 Å². The summed E-state index contributed by atoms with van der Waals surface area (Å²) >= 11 is 0. The van der Waals surface area contributed by atoms with Crippen LogP contribution >= 0.6 is 0 Å². The maximum absolute atomic E-state index is 12.2. The predicted molar refractivity (Wildman–Crippen MR) is 64.3 cm³/mol. The number of hydrogen-bond acceptors (Lipinski definition) is 2. The van der Waals surface area contributed by atoms with Crippen LogP contribution in [0, 0.1) is 0 Å². The highest BCUT2D eigenvalue weighted by Crippen LogP contribution is 2.33. The van der Waals surface area contributed by atoms with Gasteiger partial charge in [0.2, 0.25) is 5.91 Å². The van der Waals surface area contributed by atoms with Crippen LogP contribution in [0.5, 0.6) is 0 Å². The van der Waals surface area contributed by atoms with Gasteiger partial charge in [0, 0.05) is 18.5 Å². The standard InChI is InChI=1S/C13H12F3NO3/c14-13(15,16)6-5-11(18)17-9-4-2-1-3-8(9)7-10(17)12(19)20/h1-4,10H,5-7H2,(H,19,20). The Morgan fingerprint density at radius 1 is 1.30 bits per heavy atom. The summed E-state index contributed by atoms with van der Waals surface area (Å²) in [6.07, 6.45) is -6.32. The van der Waals surface area contributed by atoms with Gasteiger partial charge < -0.3 is 5.11 Å². The van der Waals surface area contributed by atoms with Crippen molar-refractivity contribution in [2.45, 2.75) is 31.5 Å². The molecule has 1 heterocycles. The largest absolute Gasteiger partial charge is 0.480 e. The number of nitrogens with zero attached hydrogens (tertiary/aromatic N) is 1. The fraction of sp³-hybridized carbons (Fsp3) is 0.385. The van der Waals surface area contributed by atoms with Crippen LogP contribution in [0.4, 0.5) is 18.9 Å². The van der Waals surface area contributed by atoms with E-state index in [-0.39, 0.29) is 6.42 Å². The molecule has 108 valence electrons. The average molecular weight is 287 g/mol.